The molecule has 0 unspecified atom stereocenters. The van der Waals surface area contributed by atoms with Crippen LogP contribution < -0.4 is 0 Å². The van der Waals surface area contributed by atoms with E-state index in [1.165, 1.54) is 0 Å². The summed E-state index contributed by atoms with van der Waals surface area (Å²) in [7, 11) is 0. The minimum atomic E-state index is -0.438. The van der Waals surface area contributed by atoms with Gasteiger partial charge < -0.3 is 4.74 Å². The second-order valence-corrected chi connectivity index (χ2v) is 5.35. The maximum atomic E-state index is 11.7. The number of carbonyl (C=O) groups is 2. The first-order valence-electron chi connectivity index (χ1n) is 5.44. The molecular weight excluding hydrogens is 331 g/mol. The molecule has 1 aromatic carbocycles. The number of rotatable bonds is 5. The Kier molecular flexibility index (Phi) is 5.61. The zero-order chi connectivity index (χ0) is 12.8. The van der Waals surface area contributed by atoms with Gasteiger partial charge in [-0.15, -0.1) is 0 Å². The Morgan fingerprint density at radius 2 is 1.94 bits per heavy atom. The lowest BCUT2D eigenvalue weighted by molar-refractivity contribution is -0.122. The molecule has 0 aliphatic heterocycles. The van der Waals surface area contributed by atoms with E-state index in [-0.39, 0.29) is 18.3 Å². The van der Waals surface area contributed by atoms with Crippen molar-refractivity contribution in [2.75, 3.05) is 6.61 Å². The van der Waals surface area contributed by atoms with Gasteiger partial charge in [-0.1, -0.05) is 26.0 Å². The summed E-state index contributed by atoms with van der Waals surface area (Å²) in [6, 6.07) is 7.14. The van der Waals surface area contributed by atoms with E-state index < -0.39 is 5.97 Å². The highest BCUT2D eigenvalue weighted by molar-refractivity contribution is 14.1. The van der Waals surface area contributed by atoms with Crippen LogP contribution in [-0.2, 0) is 9.53 Å². The van der Waals surface area contributed by atoms with Crippen LogP contribution in [0.15, 0.2) is 24.3 Å². The Morgan fingerprint density at radius 1 is 1.29 bits per heavy atom. The summed E-state index contributed by atoms with van der Waals surface area (Å²) in [5.41, 5.74) is 0.505. The van der Waals surface area contributed by atoms with Crippen molar-refractivity contribution in [3.8, 4) is 0 Å². The van der Waals surface area contributed by atoms with Crippen LogP contribution in [0.25, 0.3) is 0 Å². The van der Waals surface area contributed by atoms with Crippen molar-refractivity contribution in [2.24, 2.45) is 5.92 Å². The number of hydrogen-bond acceptors (Lipinski definition) is 3. The van der Waals surface area contributed by atoms with Gasteiger partial charge in [0, 0.05) is 9.99 Å². The molecule has 4 heteroatoms. The highest BCUT2D eigenvalue weighted by atomic mass is 127. The van der Waals surface area contributed by atoms with Crippen LogP contribution in [0.5, 0.6) is 0 Å². The summed E-state index contributed by atoms with van der Waals surface area (Å²) in [5.74, 6) is -0.190. The lowest BCUT2D eigenvalue weighted by Crippen LogP contribution is -2.16. The van der Waals surface area contributed by atoms with Crippen molar-refractivity contribution in [3.05, 3.63) is 33.4 Å². The fraction of sp³-hybridized carbons (Fsp3) is 0.385. The summed E-state index contributed by atoms with van der Waals surface area (Å²) in [4.78, 5) is 23.1. The van der Waals surface area contributed by atoms with Crippen LogP contribution >= 0.6 is 22.6 Å². The first kappa shape index (κ1) is 14.2. The number of esters is 1. The molecule has 0 atom stereocenters. The lowest BCUT2D eigenvalue weighted by Gasteiger charge is -2.06. The first-order chi connectivity index (χ1) is 8.00. The van der Waals surface area contributed by atoms with Gasteiger partial charge in [0.1, 0.15) is 6.61 Å². The first-order valence-corrected chi connectivity index (χ1v) is 6.52. The van der Waals surface area contributed by atoms with Gasteiger partial charge in [-0.2, -0.15) is 0 Å². The minimum Gasteiger partial charge on any atom is -0.454 e. The van der Waals surface area contributed by atoms with E-state index in [2.05, 4.69) is 22.6 Å². The van der Waals surface area contributed by atoms with Gasteiger partial charge in [0.15, 0.2) is 5.78 Å². The van der Waals surface area contributed by atoms with Crippen molar-refractivity contribution < 1.29 is 14.3 Å². The average Bonchev–Trinajstić information content (AvgIpc) is 2.25. The van der Waals surface area contributed by atoms with E-state index in [0.29, 0.717) is 12.0 Å². The van der Waals surface area contributed by atoms with Crippen LogP contribution in [0.2, 0.25) is 0 Å². The standard InChI is InChI=1S/C13H15IO3/c1-9(2)7-10(15)8-17-13(16)11-5-3-4-6-12(11)14/h3-6,9H,7-8H2,1-2H3. The Hall–Kier alpha value is -0.910. The van der Waals surface area contributed by atoms with Crippen molar-refractivity contribution in [1.82, 2.24) is 0 Å². The van der Waals surface area contributed by atoms with Crippen molar-refractivity contribution in [3.63, 3.8) is 0 Å². The smallest absolute Gasteiger partial charge is 0.339 e. The third kappa shape index (κ3) is 4.85. The van der Waals surface area contributed by atoms with Gasteiger partial charge in [-0.25, -0.2) is 4.79 Å². The number of carbonyl (C=O) groups excluding carboxylic acids is 2. The molecule has 0 aliphatic carbocycles. The molecule has 0 saturated heterocycles. The second-order valence-electron chi connectivity index (χ2n) is 4.19. The Labute approximate surface area is 115 Å². The van der Waals surface area contributed by atoms with Gasteiger partial charge in [0.25, 0.3) is 0 Å². The molecule has 1 aromatic rings. The highest BCUT2D eigenvalue weighted by Gasteiger charge is 2.13. The van der Waals surface area contributed by atoms with E-state index in [1.807, 2.05) is 26.0 Å². The quantitative estimate of drug-likeness (QED) is 0.608. The molecule has 0 aliphatic rings. The third-order valence-electron chi connectivity index (χ3n) is 2.09. The molecule has 0 amide bonds. The lowest BCUT2D eigenvalue weighted by atomic mass is 10.1. The Morgan fingerprint density at radius 3 is 2.53 bits per heavy atom. The molecule has 92 valence electrons. The zero-order valence-electron chi connectivity index (χ0n) is 9.90. The zero-order valence-corrected chi connectivity index (χ0v) is 12.1. The van der Waals surface area contributed by atoms with E-state index in [9.17, 15) is 9.59 Å². The SMILES string of the molecule is CC(C)CC(=O)COC(=O)c1ccccc1I. The summed E-state index contributed by atoms with van der Waals surface area (Å²) >= 11 is 2.07. The summed E-state index contributed by atoms with van der Waals surface area (Å²) < 4.78 is 5.80. The third-order valence-corrected chi connectivity index (χ3v) is 3.03. The van der Waals surface area contributed by atoms with Crippen LogP contribution in [0.3, 0.4) is 0 Å². The molecule has 0 heterocycles. The largest absolute Gasteiger partial charge is 0.454 e. The monoisotopic (exact) mass is 346 g/mol. The summed E-state index contributed by atoms with van der Waals surface area (Å²) in [5, 5.41) is 0. The normalized spacial score (nSPS) is 10.4. The maximum absolute atomic E-state index is 11.7. The maximum Gasteiger partial charge on any atom is 0.339 e. The van der Waals surface area contributed by atoms with Gasteiger partial charge in [0.05, 0.1) is 5.56 Å². The molecule has 1 rings (SSSR count). The number of hydrogen-bond donors (Lipinski definition) is 0. The van der Waals surface area contributed by atoms with E-state index >= 15 is 0 Å². The molecule has 0 fully saturated rings. The minimum absolute atomic E-state index is 0.0423. The number of halogens is 1. The van der Waals surface area contributed by atoms with Gasteiger partial charge in [-0.3, -0.25) is 4.79 Å². The van der Waals surface area contributed by atoms with E-state index in [4.69, 9.17) is 4.74 Å². The molecular formula is C13H15IO3. The average molecular weight is 346 g/mol. The number of ether oxygens (including phenoxy) is 1. The van der Waals surface area contributed by atoms with Crippen molar-refractivity contribution in [2.45, 2.75) is 20.3 Å². The van der Waals surface area contributed by atoms with Crippen LogP contribution in [0, 0.1) is 9.49 Å². The molecule has 3 nitrogen and oxygen atoms in total. The van der Waals surface area contributed by atoms with Crippen LogP contribution in [-0.4, -0.2) is 18.4 Å². The number of Topliss-reactive ketones (excluding diaryl/α,β-unsaturated/α-hetero) is 1. The molecule has 0 saturated carbocycles. The summed E-state index contributed by atoms with van der Waals surface area (Å²) in [6.07, 6.45) is 0.444. The predicted octanol–water partition coefficient (Wildman–Crippen LogP) is 3.06. The second kappa shape index (κ2) is 6.74. The van der Waals surface area contributed by atoms with Crippen LogP contribution in [0.1, 0.15) is 30.6 Å². The Balaban J connectivity index is 2.51. The molecule has 0 spiro atoms. The van der Waals surface area contributed by atoms with Gasteiger partial charge in [-0.05, 0) is 40.6 Å². The van der Waals surface area contributed by atoms with Crippen molar-refractivity contribution in [1.29, 1.82) is 0 Å². The summed E-state index contributed by atoms with van der Waals surface area (Å²) in [6.45, 7) is 3.78. The molecule has 0 bridgehead atoms. The molecule has 0 N–H and O–H groups in total. The topological polar surface area (TPSA) is 43.4 Å². The molecule has 0 radical (unpaired) electrons. The van der Waals surface area contributed by atoms with Crippen LogP contribution in [0.4, 0.5) is 0 Å². The predicted molar refractivity (Wildman–Crippen MR) is 73.9 cm³/mol. The number of ketones is 1. The fourth-order valence-electron chi connectivity index (χ4n) is 1.36. The highest BCUT2D eigenvalue weighted by Crippen LogP contribution is 2.12. The molecule has 17 heavy (non-hydrogen) atoms. The fourth-order valence-corrected chi connectivity index (χ4v) is 1.97. The van der Waals surface area contributed by atoms with E-state index in [0.717, 1.165) is 3.57 Å². The molecule has 0 aromatic heterocycles. The van der Waals surface area contributed by atoms with Gasteiger partial charge in [0.2, 0.25) is 0 Å². The van der Waals surface area contributed by atoms with Gasteiger partial charge >= 0.3 is 5.97 Å². The van der Waals surface area contributed by atoms with E-state index in [1.54, 1.807) is 12.1 Å². The number of benzene rings is 1. The van der Waals surface area contributed by atoms with Crippen molar-refractivity contribution >= 4 is 34.3 Å². The Bertz CT molecular complexity index is 413.